The maximum absolute atomic E-state index is 11.4. The Morgan fingerprint density at radius 2 is 2.46 bits per heavy atom. The Bertz CT molecular complexity index is 310. The molecule has 2 atom stereocenters. The lowest BCUT2D eigenvalue weighted by Gasteiger charge is -2.02. The van der Waals surface area contributed by atoms with Gasteiger partial charge in [-0.15, -0.1) is 0 Å². The summed E-state index contributed by atoms with van der Waals surface area (Å²) in [7, 11) is 0. The highest BCUT2D eigenvalue weighted by Gasteiger charge is 2.38. The van der Waals surface area contributed by atoms with Gasteiger partial charge < -0.3 is 5.32 Å². The highest BCUT2D eigenvalue weighted by Crippen LogP contribution is 2.38. The van der Waals surface area contributed by atoms with Gasteiger partial charge in [-0.2, -0.15) is 0 Å². The van der Waals surface area contributed by atoms with E-state index < -0.39 is 0 Å². The summed E-state index contributed by atoms with van der Waals surface area (Å²) in [6, 6.07) is 3.66. The van der Waals surface area contributed by atoms with E-state index in [-0.39, 0.29) is 11.8 Å². The van der Waals surface area contributed by atoms with Crippen LogP contribution in [0.3, 0.4) is 0 Å². The normalized spacial score (nSPS) is 25.3. The third kappa shape index (κ3) is 1.86. The van der Waals surface area contributed by atoms with Gasteiger partial charge >= 0.3 is 0 Å². The second-order valence-corrected chi connectivity index (χ2v) is 3.55. The summed E-state index contributed by atoms with van der Waals surface area (Å²) >= 11 is 0. The molecule has 1 heterocycles. The number of hydrogen-bond acceptors (Lipinski definition) is 2. The second-order valence-electron chi connectivity index (χ2n) is 3.55. The molecule has 1 aliphatic carbocycles. The monoisotopic (exact) mass is 176 g/mol. The van der Waals surface area contributed by atoms with E-state index >= 15 is 0 Å². The highest BCUT2D eigenvalue weighted by molar-refractivity contribution is 5.94. The molecule has 3 heteroatoms. The summed E-state index contributed by atoms with van der Waals surface area (Å²) in [6.07, 6.45) is 4.37. The standard InChI is InChI=1S/C10H12N2O/c1-7-5-9(7)10(13)12-8-3-2-4-11-6-8/h2-4,6-7,9H,5H2,1H3,(H,12,13). The predicted molar refractivity (Wildman–Crippen MR) is 50.1 cm³/mol. The Hall–Kier alpha value is -1.38. The number of nitrogens with zero attached hydrogens (tertiary/aromatic N) is 1. The van der Waals surface area contributed by atoms with Crippen molar-refractivity contribution in [3.63, 3.8) is 0 Å². The van der Waals surface area contributed by atoms with E-state index in [9.17, 15) is 4.79 Å². The first-order valence-corrected chi connectivity index (χ1v) is 4.48. The number of carbonyl (C=O) groups is 1. The fraction of sp³-hybridized carbons (Fsp3) is 0.400. The van der Waals surface area contributed by atoms with Gasteiger partial charge in [0, 0.05) is 12.1 Å². The van der Waals surface area contributed by atoms with E-state index in [4.69, 9.17) is 0 Å². The number of pyridine rings is 1. The minimum Gasteiger partial charge on any atom is -0.324 e. The van der Waals surface area contributed by atoms with Crippen molar-refractivity contribution in [3.8, 4) is 0 Å². The molecule has 0 bridgehead atoms. The zero-order valence-electron chi connectivity index (χ0n) is 7.53. The number of aromatic nitrogens is 1. The van der Waals surface area contributed by atoms with Crippen LogP contribution in [-0.4, -0.2) is 10.9 Å². The van der Waals surface area contributed by atoms with Gasteiger partial charge in [-0.3, -0.25) is 9.78 Å². The minimum atomic E-state index is 0.125. The molecule has 2 rings (SSSR count). The fourth-order valence-corrected chi connectivity index (χ4v) is 1.36. The summed E-state index contributed by atoms with van der Waals surface area (Å²) in [5.74, 6) is 0.900. The van der Waals surface area contributed by atoms with Gasteiger partial charge in [0.1, 0.15) is 0 Å². The van der Waals surface area contributed by atoms with Crippen LogP contribution in [0.15, 0.2) is 24.5 Å². The third-order valence-electron chi connectivity index (χ3n) is 2.38. The maximum atomic E-state index is 11.4. The van der Waals surface area contributed by atoms with E-state index in [1.807, 2.05) is 12.1 Å². The Balaban J connectivity index is 1.95. The smallest absolute Gasteiger partial charge is 0.227 e. The first-order valence-electron chi connectivity index (χ1n) is 4.48. The average Bonchev–Trinajstić information content (AvgIpc) is 2.84. The molecule has 1 aliphatic rings. The Morgan fingerprint density at radius 1 is 1.69 bits per heavy atom. The second kappa shape index (κ2) is 3.17. The van der Waals surface area contributed by atoms with Crippen molar-refractivity contribution in [2.75, 3.05) is 5.32 Å². The molecule has 1 aromatic heterocycles. The molecular weight excluding hydrogens is 164 g/mol. The highest BCUT2D eigenvalue weighted by atomic mass is 16.2. The Labute approximate surface area is 77.2 Å². The quantitative estimate of drug-likeness (QED) is 0.744. The third-order valence-corrected chi connectivity index (χ3v) is 2.38. The van der Waals surface area contributed by atoms with Crippen molar-refractivity contribution in [1.29, 1.82) is 0 Å². The molecule has 2 unspecified atom stereocenters. The molecule has 1 N–H and O–H groups in total. The van der Waals surface area contributed by atoms with Crippen molar-refractivity contribution < 1.29 is 4.79 Å². The lowest BCUT2D eigenvalue weighted by atomic mass is 10.3. The van der Waals surface area contributed by atoms with Gasteiger partial charge in [-0.05, 0) is 24.5 Å². The van der Waals surface area contributed by atoms with Crippen LogP contribution in [0, 0.1) is 11.8 Å². The Morgan fingerprint density at radius 3 is 3.00 bits per heavy atom. The van der Waals surface area contributed by atoms with Crippen LogP contribution in [-0.2, 0) is 4.79 Å². The number of rotatable bonds is 2. The Kier molecular flexibility index (Phi) is 2.00. The summed E-state index contributed by atoms with van der Waals surface area (Å²) in [4.78, 5) is 15.4. The number of carbonyl (C=O) groups excluding carboxylic acids is 1. The van der Waals surface area contributed by atoms with Gasteiger partial charge in [0.15, 0.2) is 0 Å². The fourth-order valence-electron chi connectivity index (χ4n) is 1.36. The van der Waals surface area contributed by atoms with Crippen LogP contribution < -0.4 is 5.32 Å². The van der Waals surface area contributed by atoms with E-state index in [0.29, 0.717) is 5.92 Å². The molecule has 3 nitrogen and oxygen atoms in total. The van der Waals surface area contributed by atoms with Gasteiger partial charge in [-0.25, -0.2) is 0 Å². The van der Waals surface area contributed by atoms with Crippen molar-refractivity contribution in [2.45, 2.75) is 13.3 Å². The van der Waals surface area contributed by atoms with Crippen LogP contribution in [0.1, 0.15) is 13.3 Å². The van der Waals surface area contributed by atoms with E-state index in [1.54, 1.807) is 12.4 Å². The first-order chi connectivity index (χ1) is 6.27. The van der Waals surface area contributed by atoms with E-state index in [0.717, 1.165) is 12.1 Å². The zero-order valence-corrected chi connectivity index (χ0v) is 7.53. The molecular formula is C10H12N2O. The van der Waals surface area contributed by atoms with Crippen LogP contribution >= 0.6 is 0 Å². The molecule has 1 saturated carbocycles. The topological polar surface area (TPSA) is 42.0 Å². The summed E-state index contributed by atoms with van der Waals surface area (Å²) in [5, 5.41) is 2.83. The average molecular weight is 176 g/mol. The van der Waals surface area contributed by atoms with Gasteiger partial charge in [-0.1, -0.05) is 6.92 Å². The number of nitrogens with one attached hydrogen (secondary N) is 1. The van der Waals surface area contributed by atoms with Crippen molar-refractivity contribution in [2.24, 2.45) is 11.8 Å². The van der Waals surface area contributed by atoms with E-state index in [2.05, 4.69) is 17.2 Å². The summed E-state index contributed by atoms with van der Waals surface area (Å²) < 4.78 is 0. The van der Waals surface area contributed by atoms with Gasteiger partial charge in [0.25, 0.3) is 0 Å². The minimum absolute atomic E-state index is 0.125. The largest absolute Gasteiger partial charge is 0.324 e. The van der Waals surface area contributed by atoms with Crippen molar-refractivity contribution >= 4 is 11.6 Å². The molecule has 1 fully saturated rings. The molecule has 1 aromatic rings. The first kappa shape index (κ1) is 8.23. The van der Waals surface area contributed by atoms with Gasteiger partial charge in [0.05, 0.1) is 11.9 Å². The molecule has 0 radical (unpaired) electrons. The summed E-state index contributed by atoms with van der Waals surface area (Å²) in [6.45, 7) is 2.09. The maximum Gasteiger partial charge on any atom is 0.227 e. The van der Waals surface area contributed by atoms with Crippen LogP contribution in [0.2, 0.25) is 0 Å². The number of hydrogen-bond donors (Lipinski definition) is 1. The molecule has 0 aromatic carbocycles. The number of anilines is 1. The molecule has 0 aliphatic heterocycles. The zero-order chi connectivity index (χ0) is 9.26. The van der Waals surface area contributed by atoms with Crippen molar-refractivity contribution in [1.82, 2.24) is 4.98 Å². The van der Waals surface area contributed by atoms with Crippen LogP contribution in [0.5, 0.6) is 0 Å². The predicted octanol–water partition coefficient (Wildman–Crippen LogP) is 1.68. The lowest BCUT2D eigenvalue weighted by molar-refractivity contribution is -0.117. The summed E-state index contributed by atoms with van der Waals surface area (Å²) in [5.41, 5.74) is 0.784. The molecule has 0 spiro atoms. The molecule has 0 saturated heterocycles. The molecule has 13 heavy (non-hydrogen) atoms. The van der Waals surface area contributed by atoms with Crippen LogP contribution in [0.4, 0.5) is 5.69 Å². The van der Waals surface area contributed by atoms with Gasteiger partial charge in [0.2, 0.25) is 5.91 Å². The number of amides is 1. The van der Waals surface area contributed by atoms with Crippen LogP contribution in [0.25, 0.3) is 0 Å². The molecule has 1 amide bonds. The SMILES string of the molecule is CC1CC1C(=O)Nc1cccnc1. The molecule has 68 valence electrons. The lowest BCUT2D eigenvalue weighted by Crippen LogP contribution is -2.14. The van der Waals surface area contributed by atoms with E-state index in [1.165, 1.54) is 0 Å². The van der Waals surface area contributed by atoms with Crippen molar-refractivity contribution in [3.05, 3.63) is 24.5 Å².